The third-order valence-electron chi connectivity index (χ3n) is 8.42. The molecule has 4 aromatic rings. The van der Waals surface area contributed by atoms with Gasteiger partial charge in [-0.2, -0.15) is 20.1 Å². The number of carbonyl (C=O) groups excluding carboxylic acids is 3. The number of nitrogens with zero attached hydrogens (tertiary/aromatic N) is 1. The lowest BCUT2D eigenvalue weighted by Gasteiger charge is -2.22. The molecule has 9 nitrogen and oxygen atoms in total. The van der Waals surface area contributed by atoms with Gasteiger partial charge >= 0.3 is 18.6 Å². The van der Waals surface area contributed by atoms with E-state index in [-0.39, 0.29) is 36.9 Å². The smallest absolute Gasteiger partial charge is 0.365 e. The van der Waals surface area contributed by atoms with Crippen molar-refractivity contribution in [2.45, 2.75) is 84.8 Å². The molecule has 3 aromatic carbocycles. The van der Waals surface area contributed by atoms with Crippen LogP contribution in [-0.4, -0.2) is 55.9 Å². The van der Waals surface area contributed by atoms with Crippen molar-refractivity contribution in [3.05, 3.63) is 106 Å². The number of carbonyl (C=O) groups is 3. The van der Waals surface area contributed by atoms with Crippen molar-refractivity contribution in [3.63, 3.8) is 0 Å². The van der Waals surface area contributed by atoms with Crippen LogP contribution in [0.2, 0.25) is 0 Å². The Balaban J connectivity index is 1.34. The predicted octanol–water partition coefficient (Wildman–Crippen LogP) is 9.61. The average molecular weight is 766 g/mol. The molecule has 4 rings (SSSR count). The SMILES string of the molecule is CCOC(=O)CCCOc1cccc(CCCCCCOc2cc(C(=O)N(Cc3ccccc3)OC(F)F)cc(-c3ccsc3)c2)c1CCC(=O)OCC. The number of hydrogen-bond donors (Lipinski definition) is 0. The van der Waals surface area contributed by atoms with Crippen molar-refractivity contribution in [2.24, 2.45) is 0 Å². The molecular weight excluding hydrogens is 717 g/mol. The summed E-state index contributed by atoms with van der Waals surface area (Å²) in [6, 6.07) is 21.7. The summed E-state index contributed by atoms with van der Waals surface area (Å²) in [5.41, 5.74) is 4.53. The fraction of sp³-hybridized carbons (Fsp3) is 0.405. The van der Waals surface area contributed by atoms with Crippen molar-refractivity contribution in [1.82, 2.24) is 5.06 Å². The molecule has 290 valence electrons. The Labute approximate surface area is 320 Å². The van der Waals surface area contributed by atoms with Crippen LogP contribution in [0, 0.1) is 0 Å². The van der Waals surface area contributed by atoms with Gasteiger partial charge in [0.15, 0.2) is 0 Å². The maximum absolute atomic E-state index is 13.6. The van der Waals surface area contributed by atoms with Gasteiger partial charge in [0.2, 0.25) is 0 Å². The van der Waals surface area contributed by atoms with E-state index >= 15 is 0 Å². The van der Waals surface area contributed by atoms with E-state index in [1.165, 1.54) is 11.3 Å². The summed E-state index contributed by atoms with van der Waals surface area (Å²) in [4.78, 5) is 42.1. The quantitative estimate of drug-likeness (QED) is 0.0395. The van der Waals surface area contributed by atoms with Gasteiger partial charge in [-0.1, -0.05) is 55.3 Å². The van der Waals surface area contributed by atoms with Crippen molar-refractivity contribution in [2.75, 3.05) is 26.4 Å². The van der Waals surface area contributed by atoms with E-state index in [0.717, 1.165) is 54.4 Å². The standard InChI is InChI=1S/C42H49F2NO8S/c1-3-49-39(46)19-13-24-52-38-18-12-17-32(37(38)20-21-40(47)50-4-2)16-10-5-6-11-23-51-36-27-34(33-22-25-54-30-33)26-35(28-36)41(48)45(53-42(43)44)29-31-14-8-7-9-15-31/h7-9,12,14-15,17-18,22,25-28,30,42H,3-6,10-11,13,16,19-21,23-24,29H2,1-2H3. The molecule has 0 aliphatic heterocycles. The Hall–Kier alpha value is -4.81. The fourth-order valence-corrected chi connectivity index (χ4v) is 6.53. The first kappa shape index (κ1) is 41.9. The summed E-state index contributed by atoms with van der Waals surface area (Å²) in [6.45, 7) is 1.67. The number of thiophene rings is 1. The second kappa shape index (κ2) is 23.1. The topological polar surface area (TPSA) is 101 Å². The van der Waals surface area contributed by atoms with Gasteiger partial charge in [0.1, 0.15) is 11.5 Å². The molecule has 0 fully saturated rings. The van der Waals surface area contributed by atoms with Crippen LogP contribution in [0.25, 0.3) is 11.1 Å². The van der Waals surface area contributed by atoms with E-state index in [4.69, 9.17) is 18.9 Å². The number of aryl methyl sites for hydroxylation is 1. The van der Waals surface area contributed by atoms with Crippen LogP contribution in [0.15, 0.2) is 83.6 Å². The Kier molecular flexibility index (Phi) is 17.9. The third kappa shape index (κ3) is 14.2. The highest BCUT2D eigenvalue weighted by molar-refractivity contribution is 7.08. The fourth-order valence-electron chi connectivity index (χ4n) is 5.87. The van der Waals surface area contributed by atoms with E-state index in [0.29, 0.717) is 61.4 Å². The molecule has 0 bridgehead atoms. The molecule has 0 saturated heterocycles. The van der Waals surface area contributed by atoms with Crippen LogP contribution in [0.1, 0.15) is 85.8 Å². The summed E-state index contributed by atoms with van der Waals surface area (Å²) >= 11 is 1.51. The number of rotatable bonds is 24. The number of unbranched alkanes of at least 4 members (excludes halogenated alkanes) is 3. The minimum absolute atomic E-state index is 0.149. The van der Waals surface area contributed by atoms with Crippen LogP contribution in [0.3, 0.4) is 0 Å². The molecule has 1 aromatic heterocycles. The van der Waals surface area contributed by atoms with Gasteiger partial charge in [0, 0.05) is 18.4 Å². The summed E-state index contributed by atoms with van der Waals surface area (Å²) in [5.74, 6) is -0.0413. The monoisotopic (exact) mass is 765 g/mol. The first-order chi connectivity index (χ1) is 26.3. The lowest BCUT2D eigenvalue weighted by molar-refractivity contribution is -0.261. The number of halogens is 2. The molecule has 0 spiro atoms. The van der Waals surface area contributed by atoms with E-state index in [9.17, 15) is 23.2 Å². The minimum Gasteiger partial charge on any atom is -0.494 e. The predicted molar refractivity (Wildman–Crippen MR) is 204 cm³/mol. The Morgan fingerprint density at radius 1 is 0.741 bits per heavy atom. The van der Waals surface area contributed by atoms with Crippen LogP contribution >= 0.6 is 11.3 Å². The number of esters is 2. The molecule has 1 heterocycles. The zero-order valence-corrected chi connectivity index (χ0v) is 31.8. The third-order valence-corrected chi connectivity index (χ3v) is 9.11. The normalized spacial score (nSPS) is 11.0. The molecule has 12 heteroatoms. The van der Waals surface area contributed by atoms with Crippen molar-refractivity contribution < 1.29 is 46.9 Å². The zero-order valence-electron chi connectivity index (χ0n) is 30.9. The van der Waals surface area contributed by atoms with Gasteiger partial charge < -0.3 is 18.9 Å². The Morgan fingerprint density at radius 3 is 2.20 bits per heavy atom. The molecule has 0 unspecified atom stereocenters. The van der Waals surface area contributed by atoms with Gasteiger partial charge in [0.05, 0.1) is 33.0 Å². The van der Waals surface area contributed by atoms with Crippen LogP contribution in [0.5, 0.6) is 11.5 Å². The first-order valence-corrected chi connectivity index (χ1v) is 19.4. The number of hydrogen-bond acceptors (Lipinski definition) is 9. The number of amides is 1. The van der Waals surface area contributed by atoms with Gasteiger partial charge in [-0.3, -0.25) is 14.4 Å². The van der Waals surface area contributed by atoms with Crippen molar-refractivity contribution in [3.8, 4) is 22.6 Å². The molecular formula is C42H49F2NO8S. The summed E-state index contributed by atoms with van der Waals surface area (Å²) in [6.07, 6.45) is 5.83. The second-order valence-electron chi connectivity index (χ2n) is 12.4. The minimum atomic E-state index is -3.17. The number of benzene rings is 3. The van der Waals surface area contributed by atoms with Crippen molar-refractivity contribution >= 4 is 29.2 Å². The zero-order chi connectivity index (χ0) is 38.5. The van der Waals surface area contributed by atoms with Crippen LogP contribution in [-0.2, 0) is 43.3 Å². The highest BCUT2D eigenvalue weighted by Gasteiger charge is 2.23. The van der Waals surface area contributed by atoms with E-state index in [1.54, 1.807) is 56.3 Å². The first-order valence-electron chi connectivity index (χ1n) is 18.4. The van der Waals surface area contributed by atoms with Gasteiger partial charge in [0.25, 0.3) is 5.91 Å². The molecule has 1 amide bonds. The summed E-state index contributed by atoms with van der Waals surface area (Å²) in [7, 11) is 0. The highest BCUT2D eigenvalue weighted by atomic mass is 32.1. The number of ether oxygens (including phenoxy) is 4. The maximum Gasteiger partial charge on any atom is 0.365 e. The largest absolute Gasteiger partial charge is 0.494 e. The highest BCUT2D eigenvalue weighted by Crippen LogP contribution is 2.30. The molecule has 0 saturated carbocycles. The Morgan fingerprint density at radius 2 is 1.48 bits per heavy atom. The Bertz CT molecular complexity index is 1740. The van der Waals surface area contributed by atoms with E-state index < -0.39 is 12.5 Å². The van der Waals surface area contributed by atoms with Crippen molar-refractivity contribution in [1.29, 1.82) is 0 Å². The molecule has 0 N–H and O–H groups in total. The number of alkyl halides is 2. The van der Waals surface area contributed by atoms with E-state index in [2.05, 4.69) is 10.9 Å². The van der Waals surface area contributed by atoms with Gasteiger partial charge in [-0.05, 0) is 115 Å². The molecule has 0 aliphatic rings. The summed E-state index contributed by atoms with van der Waals surface area (Å²) in [5, 5.41) is 4.56. The second-order valence-corrected chi connectivity index (χ2v) is 13.2. The summed E-state index contributed by atoms with van der Waals surface area (Å²) < 4.78 is 49.1. The lowest BCUT2D eigenvalue weighted by atomic mass is 9.96. The van der Waals surface area contributed by atoms with E-state index in [1.807, 2.05) is 35.0 Å². The molecule has 54 heavy (non-hydrogen) atoms. The molecule has 0 aliphatic carbocycles. The average Bonchev–Trinajstić information content (AvgIpc) is 3.71. The van der Waals surface area contributed by atoms with Crippen LogP contribution in [0.4, 0.5) is 8.78 Å². The lowest BCUT2D eigenvalue weighted by Crippen LogP contribution is -2.32. The number of hydroxylamine groups is 2. The van der Waals surface area contributed by atoms with Gasteiger partial charge in [-0.25, -0.2) is 9.90 Å². The maximum atomic E-state index is 13.6. The molecule has 0 radical (unpaired) electrons. The van der Waals surface area contributed by atoms with Gasteiger partial charge in [-0.15, -0.1) is 0 Å². The van der Waals surface area contributed by atoms with Crippen LogP contribution < -0.4 is 9.47 Å². The molecule has 0 atom stereocenters.